The zero-order chi connectivity index (χ0) is 8.53. The molecule has 79 valence electrons. The van der Waals surface area contributed by atoms with Gasteiger partial charge in [-0.3, -0.25) is 0 Å². The number of hydrogen-bond donors (Lipinski definition) is 0. The zero-order valence-electron chi connectivity index (χ0n) is 9.97. The molecule has 0 fully saturated rings. The molecule has 0 bridgehead atoms. The van der Waals surface area contributed by atoms with Crippen molar-refractivity contribution in [3.8, 4) is 0 Å². The molecule has 0 aliphatic carbocycles. The Kier molecular flexibility index (Phi) is 23.5. The molecule has 0 amide bonds. The van der Waals surface area contributed by atoms with Crippen molar-refractivity contribution in [2.45, 2.75) is 59.3 Å². The van der Waals surface area contributed by atoms with E-state index in [1.807, 2.05) is 0 Å². The fourth-order valence-corrected chi connectivity index (χ4v) is 1.22. The fourth-order valence-electron chi connectivity index (χ4n) is 1.22. The molecule has 0 nitrogen and oxygen atoms in total. The van der Waals surface area contributed by atoms with Gasteiger partial charge in [0.1, 0.15) is 0 Å². The van der Waals surface area contributed by atoms with Crippen molar-refractivity contribution in [3.63, 3.8) is 0 Å². The van der Waals surface area contributed by atoms with Crippen LogP contribution in [0.2, 0.25) is 0 Å². The summed E-state index contributed by atoms with van der Waals surface area (Å²) in [6.07, 6.45) is 10.6. The molecule has 13 heavy (non-hydrogen) atoms. The third-order valence-electron chi connectivity index (χ3n) is 2.39. The van der Waals surface area contributed by atoms with E-state index in [0.717, 1.165) is 5.92 Å². The summed E-state index contributed by atoms with van der Waals surface area (Å²) in [5.41, 5.74) is 0. The second-order valence-corrected chi connectivity index (χ2v) is 3.56. The summed E-state index contributed by atoms with van der Waals surface area (Å²) in [5.74, 6) is 0.945. The predicted octanol–water partition coefficient (Wildman–Crippen LogP) is 4.65. The van der Waals surface area contributed by atoms with Crippen molar-refractivity contribution in [3.05, 3.63) is 13.8 Å². The van der Waals surface area contributed by atoms with Crippen LogP contribution in [0.25, 0.3) is 0 Å². The van der Waals surface area contributed by atoms with Gasteiger partial charge in [-0.15, -0.1) is 0 Å². The van der Waals surface area contributed by atoms with Crippen LogP contribution in [0.5, 0.6) is 0 Å². The van der Waals surface area contributed by atoms with Crippen molar-refractivity contribution in [1.29, 1.82) is 0 Å². The largest absolute Gasteiger partial charge is 0.358 e. The van der Waals surface area contributed by atoms with E-state index in [-0.39, 0.29) is 40.1 Å². The van der Waals surface area contributed by atoms with Gasteiger partial charge in [0, 0.05) is 32.7 Å². The van der Waals surface area contributed by atoms with Crippen molar-refractivity contribution in [1.82, 2.24) is 0 Å². The first-order valence-corrected chi connectivity index (χ1v) is 5.09. The van der Waals surface area contributed by atoms with Crippen LogP contribution in [-0.2, 0) is 32.7 Å². The Hall–Kier alpha value is 1.10. The summed E-state index contributed by atoms with van der Waals surface area (Å²) >= 11 is 0. The SMILES string of the molecule is C[CH-]CCCCCC(C)CC.[CH3-].[Y]. The van der Waals surface area contributed by atoms with Crippen molar-refractivity contribution in [2.24, 2.45) is 5.92 Å². The van der Waals surface area contributed by atoms with E-state index in [4.69, 9.17) is 0 Å². The smallest absolute Gasteiger partial charge is 0 e. The van der Waals surface area contributed by atoms with Crippen molar-refractivity contribution in [2.75, 3.05) is 0 Å². The molecule has 1 heteroatoms. The summed E-state index contributed by atoms with van der Waals surface area (Å²) in [4.78, 5) is 0. The Morgan fingerprint density at radius 2 is 1.77 bits per heavy atom. The molecule has 0 aliphatic rings. The molecule has 1 atom stereocenters. The van der Waals surface area contributed by atoms with Gasteiger partial charge in [-0.25, -0.2) is 0 Å². The van der Waals surface area contributed by atoms with Crippen LogP contribution in [0.3, 0.4) is 0 Å². The number of hydrogen-bond acceptors (Lipinski definition) is 0. The molecule has 1 radical (unpaired) electrons. The topological polar surface area (TPSA) is 0 Å². The van der Waals surface area contributed by atoms with Gasteiger partial charge in [0.15, 0.2) is 0 Å². The quantitative estimate of drug-likeness (QED) is 0.461. The molecule has 0 heterocycles. The van der Waals surface area contributed by atoms with E-state index in [1.165, 1.54) is 38.5 Å². The van der Waals surface area contributed by atoms with Crippen LogP contribution in [0.4, 0.5) is 0 Å². The molecule has 1 unspecified atom stereocenters. The molecule has 0 spiro atoms. The minimum Gasteiger partial charge on any atom is -0.358 e. The number of unbranched alkanes of at least 4 members (excludes halogenated alkanes) is 4. The van der Waals surface area contributed by atoms with Gasteiger partial charge >= 0.3 is 0 Å². The minimum atomic E-state index is 0. The van der Waals surface area contributed by atoms with E-state index in [0.29, 0.717) is 0 Å². The van der Waals surface area contributed by atoms with E-state index in [1.54, 1.807) is 0 Å². The third-order valence-corrected chi connectivity index (χ3v) is 2.39. The van der Waals surface area contributed by atoms with Crippen LogP contribution >= 0.6 is 0 Å². The molecule has 0 rings (SSSR count). The third kappa shape index (κ3) is 15.8. The summed E-state index contributed by atoms with van der Waals surface area (Å²) in [7, 11) is 0. The average Bonchev–Trinajstić information content (AvgIpc) is 2.04. The van der Waals surface area contributed by atoms with Gasteiger partial charge in [-0.2, -0.15) is 13.3 Å². The second-order valence-electron chi connectivity index (χ2n) is 3.56. The van der Waals surface area contributed by atoms with E-state index in [2.05, 4.69) is 27.2 Å². The fraction of sp³-hybridized carbons (Fsp3) is 0.833. The first-order valence-electron chi connectivity index (χ1n) is 5.09. The molecule has 0 aliphatic heterocycles. The van der Waals surface area contributed by atoms with Crippen molar-refractivity contribution >= 4 is 0 Å². The summed E-state index contributed by atoms with van der Waals surface area (Å²) in [5, 5.41) is 0. The van der Waals surface area contributed by atoms with Gasteiger partial charge in [0.2, 0.25) is 0 Å². The summed E-state index contributed by atoms with van der Waals surface area (Å²) in [6.45, 7) is 6.78. The molecule has 0 saturated heterocycles. The zero-order valence-corrected chi connectivity index (χ0v) is 12.8. The molecule has 0 aromatic carbocycles. The summed E-state index contributed by atoms with van der Waals surface area (Å²) in [6, 6.07) is 0. The monoisotopic (exact) mass is 259 g/mol. The van der Waals surface area contributed by atoms with Crippen LogP contribution in [0.15, 0.2) is 0 Å². The van der Waals surface area contributed by atoms with Crippen LogP contribution in [0.1, 0.15) is 59.3 Å². The molecular formula is C12H26Y-2. The molecule has 0 aromatic heterocycles. The minimum absolute atomic E-state index is 0. The van der Waals surface area contributed by atoms with Gasteiger partial charge in [0.05, 0.1) is 0 Å². The maximum atomic E-state index is 2.35. The van der Waals surface area contributed by atoms with E-state index in [9.17, 15) is 0 Å². The van der Waals surface area contributed by atoms with Crippen LogP contribution < -0.4 is 0 Å². The van der Waals surface area contributed by atoms with E-state index < -0.39 is 0 Å². The van der Waals surface area contributed by atoms with Gasteiger partial charge in [-0.05, 0) is 5.92 Å². The maximum Gasteiger partial charge on any atom is 0 e. The normalized spacial score (nSPS) is 11.3. The number of rotatable bonds is 7. The predicted molar refractivity (Wildman–Crippen MR) is 58.9 cm³/mol. The molecular weight excluding hydrogens is 233 g/mol. The molecule has 0 N–H and O–H groups in total. The standard InChI is InChI=1S/C11H23.CH3.Y/c1-4-6-7-8-9-10-11(3)5-2;;/h4,11H,5-10H2,1-3H3;1H3;/q2*-1;. The van der Waals surface area contributed by atoms with Crippen molar-refractivity contribution < 1.29 is 32.7 Å². The van der Waals surface area contributed by atoms with Crippen LogP contribution in [0, 0.1) is 19.8 Å². The second kappa shape index (κ2) is 15.6. The Bertz CT molecular complexity index is 71.5. The van der Waals surface area contributed by atoms with Gasteiger partial charge < -0.3 is 13.8 Å². The average molecular weight is 259 g/mol. The Morgan fingerprint density at radius 1 is 1.15 bits per heavy atom. The first kappa shape index (κ1) is 19.6. The molecule has 0 aromatic rings. The van der Waals surface area contributed by atoms with Gasteiger partial charge in [-0.1, -0.05) is 46.0 Å². The Morgan fingerprint density at radius 3 is 2.23 bits per heavy atom. The Labute approximate surface area is 111 Å². The molecule has 0 saturated carbocycles. The Balaban J connectivity index is -0.000000500. The van der Waals surface area contributed by atoms with E-state index >= 15 is 0 Å². The summed E-state index contributed by atoms with van der Waals surface area (Å²) < 4.78 is 0. The maximum absolute atomic E-state index is 2.35. The van der Waals surface area contributed by atoms with Gasteiger partial charge in [0.25, 0.3) is 0 Å². The van der Waals surface area contributed by atoms with Crippen LogP contribution in [-0.4, -0.2) is 0 Å². The first-order chi connectivity index (χ1) is 5.31.